The fraction of sp³-hybridized carbons (Fsp3) is 0.188. The first-order valence-electron chi connectivity index (χ1n) is 6.70. The molecule has 100 valence electrons. The highest BCUT2D eigenvalue weighted by atomic mass is 15.0. The number of anilines is 1. The Morgan fingerprint density at radius 3 is 2.90 bits per heavy atom. The molecule has 3 rings (SSSR count). The molecule has 4 heteroatoms. The van der Waals surface area contributed by atoms with Gasteiger partial charge in [-0.15, -0.1) is 0 Å². The second kappa shape index (κ2) is 5.25. The minimum Gasteiger partial charge on any atom is -0.370 e. The van der Waals surface area contributed by atoms with Crippen LogP contribution in [-0.4, -0.2) is 21.5 Å². The Balaban J connectivity index is 2.20. The minimum absolute atomic E-state index is 0.768. The standard InChI is InChI=1S/C16H16N4/c1-3-18-16-9-15(19-11(2)20-16)14-6-4-5-12-10-17-8-7-13(12)14/h4-10H,3H2,1-2H3,(H,18,19,20). The molecule has 1 N–H and O–H groups in total. The van der Waals surface area contributed by atoms with Crippen molar-refractivity contribution in [3.8, 4) is 11.3 Å². The molecule has 0 aliphatic heterocycles. The molecule has 0 bridgehead atoms. The summed E-state index contributed by atoms with van der Waals surface area (Å²) in [5, 5.41) is 5.52. The van der Waals surface area contributed by atoms with Crippen molar-refractivity contribution in [1.82, 2.24) is 15.0 Å². The van der Waals surface area contributed by atoms with Crippen LogP contribution in [0.2, 0.25) is 0 Å². The van der Waals surface area contributed by atoms with Crippen molar-refractivity contribution in [2.75, 3.05) is 11.9 Å². The molecule has 0 aliphatic rings. The van der Waals surface area contributed by atoms with Crippen LogP contribution in [0.3, 0.4) is 0 Å². The Kier molecular flexibility index (Phi) is 3.29. The number of aromatic nitrogens is 3. The van der Waals surface area contributed by atoms with Gasteiger partial charge in [-0.3, -0.25) is 4.98 Å². The van der Waals surface area contributed by atoms with E-state index in [1.54, 1.807) is 0 Å². The largest absolute Gasteiger partial charge is 0.370 e. The molecule has 3 aromatic rings. The van der Waals surface area contributed by atoms with Crippen LogP contribution in [0, 0.1) is 6.92 Å². The molecule has 0 atom stereocenters. The number of benzene rings is 1. The summed E-state index contributed by atoms with van der Waals surface area (Å²) in [6.07, 6.45) is 3.68. The van der Waals surface area contributed by atoms with Crippen molar-refractivity contribution in [2.45, 2.75) is 13.8 Å². The van der Waals surface area contributed by atoms with Crippen LogP contribution >= 0.6 is 0 Å². The molecule has 0 aliphatic carbocycles. The summed E-state index contributed by atoms with van der Waals surface area (Å²) in [4.78, 5) is 13.1. The molecule has 2 heterocycles. The molecule has 0 saturated carbocycles. The van der Waals surface area contributed by atoms with Gasteiger partial charge in [0.05, 0.1) is 5.69 Å². The molecule has 20 heavy (non-hydrogen) atoms. The maximum atomic E-state index is 4.56. The van der Waals surface area contributed by atoms with Gasteiger partial charge in [0.1, 0.15) is 11.6 Å². The topological polar surface area (TPSA) is 50.7 Å². The maximum Gasteiger partial charge on any atom is 0.130 e. The van der Waals surface area contributed by atoms with E-state index in [9.17, 15) is 0 Å². The number of aryl methyl sites for hydroxylation is 1. The summed E-state index contributed by atoms with van der Waals surface area (Å²) < 4.78 is 0. The molecule has 2 aromatic heterocycles. The summed E-state index contributed by atoms with van der Waals surface area (Å²) >= 11 is 0. The highest BCUT2D eigenvalue weighted by Crippen LogP contribution is 2.27. The zero-order valence-electron chi connectivity index (χ0n) is 11.6. The van der Waals surface area contributed by atoms with E-state index in [2.05, 4.69) is 39.3 Å². The Labute approximate surface area is 117 Å². The second-order valence-electron chi connectivity index (χ2n) is 4.62. The fourth-order valence-electron chi connectivity index (χ4n) is 2.32. The summed E-state index contributed by atoms with van der Waals surface area (Å²) in [6, 6.07) is 10.2. The van der Waals surface area contributed by atoms with Crippen LogP contribution in [0.5, 0.6) is 0 Å². The quantitative estimate of drug-likeness (QED) is 0.787. The number of rotatable bonds is 3. The predicted molar refractivity (Wildman–Crippen MR) is 81.7 cm³/mol. The minimum atomic E-state index is 0.768. The number of hydrogen-bond donors (Lipinski definition) is 1. The van der Waals surface area contributed by atoms with E-state index in [0.29, 0.717) is 0 Å². The Bertz CT molecular complexity index is 747. The first kappa shape index (κ1) is 12.5. The van der Waals surface area contributed by atoms with Crippen molar-refractivity contribution < 1.29 is 0 Å². The monoisotopic (exact) mass is 264 g/mol. The van der Waals surface area contributed by atoms with E-state index in [4.69, 9.17) is 0 Å². The molecule has 0 spiro atoms. The highest BCUT2D eigenvalue weighted by Gasteiger charge is 2.07. The maximum absolute atomic E-state index is 4.56. The number of hydrogen-bond acceptors (Lipinski definition) is 4. The molecular formula is C16H16N4. The Morgan fingerprint density at radius 2 is 2.05 bits per heavy atom. The molecule has 4 nitrogen and oxygen atoms in total. The lowest BCUT2D eigenvalue weighted by atomic mass is 10.0. The van der Waals surface area contributed by atoms with Crippen LogP contribution in [0.15, 0.2) is 42.7 Å². The van der Waals surface area contributed by atoms with Crippen molar-refractivity contribution in [1.29, 1.82) is 0 Å². The molecular weight excluding hydrogens is 248 g/mol. The lowest BCUT2D eigenvalue weighted by molar-refractivity contribution is 1.04. The number of nitrogens with one attached hydrogen (secondary N) is 1. The van der Waals surface area contributed by atoms with Crippen LogP contribution in [-0.2, 0) is 0 Å². The summed E-state index contributed by atoms with van der Waals surface area (Å²) in [7, 11) is 0. The third kappa shape index (κ3) is 2.32. The van der Waals surface area contributed by atoms with E-state index < -0.39 is 0 Å². The summed E-state index contributed by atoms with van der Waals surface area (Å²) in [6.45, 7) is 4.81. The van der Waals surface area contributed by atoms with Crippen molar-refractivity contribution >= 4 is 16.6 Å². The second-order valence-corrected chi connectivity index (χ2v) is 4.62. The van der Waals surface area contributed by atoms with E-state index >= 15 is 0 Å². The van der Waals surface area contributed by atoms with Crippen LogP contribution < -0.4 is 5.32 Å². The number of nitrogens with zero attached hydrogens (tertiary/aromatic N) is 3. The molecule has 0 fully saturated rings. The summed E-state index contributed by atoms with van der Waals surface area (Å²) in [5.41, 5.74) is 2.04. The van der Waals surface area contributed by atoms with E-state index in [1.165, 1.54) is 0 Å². The van der Waals surface area contributed by atoms with Gasteiger partial charge in [0.25, 0.3) is 0 Å². The third-order valence-corrected chi connectivity index (χ3v) is 3.15. The van der Waals surface area contributed by atoms with Gasteiger partial charge in [-0.25, -0.2) is 9.97 Å². The first-order valence-corrected chi connectivity index (χ1v) is 6.70. The van der Waals surface area contributed by atoms with Crippen molar-refractivity contribution in [3.05, 3.63) is 48.5 Å². The lowest BCUT2D eigenvalue weighted by Crippen LogP contribution is -2.02. The molecule has 0 amide bonds. The Morgan fingerprint density at radius 1 is 1.15 bits per heavy atom. The lowest BCUT2D eigenvalue weighted by Gasteiger charge is -2.09. The van der Waals surface area contributed by atoms with Gasteiger partial charge in [0, 0.05) is 36.0 Å². The van der Waals surface area contributed by atoms with E-state index in [1.807, 2.05) is 37.5 Å². The summed E-state index contributed by atoms with van der Waals surface area (Å²) in [5.74, 6) is 1.63. The van der Waals surface area contributed by atoms with Gasteiger partial charge >= 0.3 is 0 Å². The fourth-order valence-corrected chi connectivity index (χ4v) is 2.32. The average Bonchev–Trinajstić information content (AvgIpc) is 2.46. The van der Waals surface area contributed by atoms with Crippen LogP contribution in [0.4, 0.5) is 5.82 Å². The normalized spacial score (nSPS) is 10.7. The smallest absolute Gasteiger partial charge is 0.130 e. The molecule has 0 unspecified atom stereocenters. The Hall–Kier alpha value is -2.49. The average molecular weight is 264 g/mol. The van der Waals surface area contributed by atoms with Gasteiger partial charge in [-0.05, 0) is 25.3 Å². The molecule has 1 aromatic carbocycles. The number of fused-ring (bicyclic) bond motifs is 1. The first-order chi connectivity index (χ1) is 9.78. The van der Waals surface area contributed by atoms with Gasteiger partial charge in [0.15, 0.2) is 0 Å². The predicted octanol–water partition coefficient (Wildman–Crippen LogP) is 3.43. The van der Waals surface area contributed by atoms with Crippen molar-refractivity contribution in [3.63, 3.8) is 0 Å². The van der Waals surface area contributed by atoms with Gasteiger partial charge < -0.3 is 5.32 Å². The van der Waals surface area contributed by atoms with Gasteiger partial charge in [-0.1, -0.05) is 18.2 Å². The van der Waals surface area contributed by atoms with Crippen molar-refractivity contribution in [2.24, 2.45) is 0 Å². The van der Waals surface area contributed by atoms with Gasteiger partial charge in [-0.2, -0.15) is 0 Å². The van der Waals surface area contributed by atoms with E-state index in [-0.39, 0.29) is 0 Å². The highest BCUT2D eigenvalue weighted by molar-refractivity contribution is 5.95. The SMILES string of the molecule is CCNc1cc(-c2cccc3cnccc23)nc(C)n1. The van der Waals surface area contributed by atoms with Gasteiger partial charge in [0.2, 0.25) is 0 Å². The zero-order valence-corrected chi connectivity index (χ0v) is 11.6. The zero-order chi connectivity index (χ0) is 13.9. The van der Waals surface area contributed by atoms with Crippen LogP contribution in [0.25, 0.3) is 22.0 Å². The molecule has 0 saturated heterocycles. The molecule has 0 radical (unpaired) electrons. The van der Waals surface area contributed by atoms with Crippen LogP contribution in [0.1, 0.15) is 12.7 Å². The third-order valence-electron chi connectivity index (χ3n) is 3.15. The number of pyridine rings is 1. The van der Waals surface area contributed by atoms with E-state index in [0.717, 1.165) is 40.2 Å².